The fraction of sp³-hybridized carbons (Fsp3) is 0.500. The number of rotatable bonds is 3. The van der Waals surface area contributed by atoms with Gasteiger partial charge in [0, 0.05) is 25.0 Å². The van der Waals surface area contributed by atoms with Crippen molar-refractivity contribution >= 4 is 5.69 Å². The van der Waals surface area contributed by atoms with Crippen LogP contribution in [0, 0.1) is 17.6 Å². The van der Waals surface area contributed by atoms with E-state index in [-0.39, 0.29) is 5.69 Å². The maximum Gasteiger partial charge on any atom is 0.149 e. The van der Waals surface area contributed by atoms with Crippen LogP contribution in [0.5, 0.6) is 0 Å². The van der Waals surface area contributed by atoms with Crippen LogP contribution in [0.4, 0.5) is 14.5 Å². The lowest BCUT2D eigenvalue weighted by Gasteiger charge is -2.41. The number of benzene rings is 2. The molecule has 2 heterocycles. The van der Waals surface area contributed by atoms with Crippen molar-refractivity contribution in [2.24, 2.45) is 5.92 Å². The Kier molecular flexibility index (Phi) is 4.62. The molecule has 0 radical (unpaired) electrons. The lowest BCUT2D eigenvalue weighted by molar-refractivity contribution is 0.137. The van der Waals surface area contributed by atoms with E-state index in [2.05, 4.69) is 30.0 Å². The summed E-state index contributed by atoms with van der Waals surface area (Å²) in [6.07, 6.45) is 5.01. The molecule has 0 amide bonds. The highest BCUT2D eigenvalue weighted by atomic mass is 19.1. The Morgan fingerprint density at radius 1 is 0.929 bits per heavy atom. The quantitative estimate of drug-likeness (QED) is 0.712. The molecule has 1 atom stereocenters. The number of hydrogen-bond acceptors (Lipinski definition) is 2. The normalized spacial score (nSPS) is 23.7. The van der Waals surface area contributed by atoms with Crippen molar-refractivity contribution < 1.29 is 8.78 Å². The molecule has 2 aliphatic heterocycles. The van der Waals surface area contributed by atoms with E-state index in [1.807, 2.05) is 4.90 Å². The Morgan fingerprint density at radius 2 is 1.64 bits per heavy atom. The first-order valence-corrected chi connectivity index (χ1v) is 10.7. The van der Waals surface area contributed by atoms with Crippen molar-refractivity contribution in [2.45, 2.75) is 44.6 Å². The molecule has 0 saturated carbocycles. The first-order valence-electron chi connectivity index (χ1n) is 10.7. The minimum absolute atomic E-state index is 0.124. The number of halogens is 2. The number of aryl methyl sites for hydroxylation is 1. The van der Waals surface area contributed by atoms with E-state index in [0.717, 1.165) is 12.3 Å². The van der Waals surface area contributed by atoms with Crippen molar-refractivity contribution in [3.05, 3.63) is 64.7 Å². The van der Waals surface area contributed by atoms with Crippen molar-refractivity contribution in [3.63, 3.8) is 0 Å². The Bertz CT molecular complexity index is 847. The molecule has 0 aromatic heterocycles. The van der Waals surface area contributed by atoms with E-state index in [9.17, 15) is 8.78 Å². The van der Waals surface area contributed by atoms with Gasteiger partial charge in [0.2, 0.25) is 0 Å². The maximum atomic E-state index is 14.0. The summed E-state index contributed by atoms with van der Waals surface area (Å²) in [5.74, 6) is 0.289. The zero-order chi connectivity index (χ0) is 19.3. The molecular weight excluding hydrogens is 354 g/mol. The van der Waals surface area contributed by atoms with Crippen LogP contribution in [0.1, 0.15) is 54.8 Å². The summed E-state index contributed by atoms with van der Waals surface area (Å²) in [5, 5.41) is 0. The maximum absolute atomic E-state index is 14.0. The van der Waals surface area contributed by atoms with Gasteiger partial charge in [-0.05, 0) is 73.5 Å². The molecule has 1 unspecified atom stereocenters. The van der Waals surface area contributed by atoms with E-state index in [0.29, 0.717) is 25.0 Å². The van der Waals surface area contributed by atoms with Crippen molar-refractivity contribution in [2.75, 3.05) is 31.1 Å². The molecule has 2 nitrogen and oxygen atoms in total. The van der Waals surface area contributed by atoms with Gasteiger partial charge in [-0.2, -0.15) is 0 Å². The molecule has 3 aliphatic rings. The molecule has 0 spiro atoms. The highest BCUT2D eigenvalue weighted by Gasteiger charge is 2.34. The van der Waals surface area contributed by atoms with Gasteiger partial charge in [-0.15, -0.1) is 0 Å². The Balaban J connectivity index is 1.28. The van der Waals surface area contributed by atoms with Crippen LogP contribution < -0.4 is 4.90 Å². The monoisotopic (exact) mass is 382 g/mol. The third-order valence-corrected chi connectivity index (χ3v) is 7.08. The predicted molar refractivity (Wildman–Crippen MR) is 109 cm³/mol. The molecule has 0 N–H and O–H groups in total. The molecule has 1 aliphatic carbocycles. The average molecular weight is 382 g/mol. The SMILES string of the molecule is CC1CCN(C2CCc3cc(C4CN(c5c(F)cccc5F)C4)ccc32)CC1. The lowest BCUT2D eigenvalue weighted by Crippen LogP contribution is -2.46. The summed E-state index contributed by atoms with van der Waals surface area (Å²) in [6, 6.07) is 11.6. The summed E-state index contributed by atoms with van der Waals surface area (Å²) >= 11 is 0. The van der Waals surface area contributed by atoms with Crippen LogP contribution in [0.25, 0.3) is 0 Å². The molecule has 2 aromatic carbocycles. The van der Waals surface area contributed by atoms with Gasteiger partial charge in [0.25, 0.3) is 0 Å². The first kappa shape index (κ1) is 18.1. The molecular formula is C24H28F2N2. The summed E-state index contributed by atoms with van der Waals surface area (Å²) in [6.45, 7) is 6.17. The predicted octanol–water partition coefficient (Wildman–Crippen LogP) is 5.29. The van der Waals surface area contributed by atoms with Crippen LogP contribution in [0.3, 0.4) is 0 Å². The highest BCUT2D eigenvalue weighted by molar-refractivity contribution is 5.53. The number of fused-ring (bicyclic) bond motifs is 1. The molecule has 4 heteroatoms. The van der Waals surface area contributed by atoms with Gasteiger partial charge in [-0.3, -0.25) is 4.90 Å². The zero-order valence-corrected chi connectivity index (χ0v) is 16.5. The number of para-hydroxylation sites is 1. The average Bonchev–Trinajstić information content (AvgIpc) is 3.07. The highest BCUT2D eigenvalue weighted by Crippen LogP contribution is 2.41. The molecule has 2 saturated heterocycles. The molecule has 0 bridgehead atoms. The van der Waals surface area contributed by atoms with E-state index in [1.54, 1.807) is 0 Å². The zero-order valence-electron chi connectivity index (χ0n) is 16.5. The summed E-state index contributed by atoms with van der Waals surface area (Å²) in [5.41, 5.74) is 4.44. The number of nitrogens with zero attached hydrogens (tertiary/aromatic N) is 2. The third kappa shape index (κ3) is 3.12. The van der Waals surface area contributed by atoms with Gasteiger partial charge in [0.15, 0.2) is 0 Å². The van der Waals surface area contributed by atoms with Gasteiger partial charge >= 0.3 is 0 Å². The number of piperidine rings is 1. The van der Waals surface area contributed by atoms with Gasteiger partial charge in [-0.25, -0.2) is 8.78 Å². The summed E-state index contributed by atoms with van der Waals surface area (Å²) in [7, 11) is 0. The lowest BCUT2D eigenvalue weighted by atomic mass is 9.88. The topological polar surface area (TPSA) is 6.48 Å². The standard InChI is InChI=1S/C24H28F2N2/c1-16-9-11-27(12-10-16)23-8-6-18-13-17(5-7-20(18)23)19-14-28(15-19)24-21(25)3-2-4-22(24)26/h2-5,7,13,16,19,23H,6,8-12,14-15H2,1H3. The second-order valence-electron chi connectivity index (χ2n) is 8.90. The number of likely N-dealkylation sites (tertiary alicyclic amines) is 1. The van der Waals surface area contributed by atoms with Crippen molar-refractivity contribution in [1.29, 1.82) is 0 Å². The van der Waals surface area contributed by atoms with Crippen molar-refractivity contribution in [3.8, 4) is 0 Å². The van der Waals surface area contributed by atoms with Gasteiger partial charge in [-0.1, -0.05) is 31.2 Å². The van der Waals surface area contributed by atoms with Gasteiger partial charge < -0.3 is 4.90 Å². The molecule has 28 heavy (non-hydrogen) atoms. The van der Waals surface area contributed by atoms with Gasteiger partial charge in [0.1, 0.15) is 17.3 Å². The van der Waals surface area contributed by atoms with E-state index in [1.165, 1.54) is 67.2 Å². The first-order chi connectivity index (χ1) is 13.6. The number of hydrogen-bond donors (Lipinski definition) is 0. The van der Waals surface area contributed by atoms with E-state index >= 15 is 0 Å². The molecule has 5 rings (SSSR count). The van der Waals surface area contributed by atoms with E-state index in [4.69, 9.17) is 0 Å². The fourth-order valence-corrected chi connectivity index (χ4v) is 5.25. The summed E-state index contributed by atoms with van der Waals surface area (Å²) in [4.78, 5) is 4.50. The minimum Gasteiger partial charge on any atom is -0.365 e. The van der Waals surface area contributed by atoms with Crippen LogP contribution in [-0.4, -0.2) is 31.1 Å². The Hall–Kier alpha value is -1.94. The van der Waals surface area contributed by atoms with E-state index < -0.39 is 11.6 Å². The second-order valence-corrected chi connectivity index (χ2v) is 8.90. The largest absolute Gasteiger partial charge is 0.365 e. The molecule has 2 fully saturated rings. The van der Waals surface area contributed by atoms with Crippen LogP contribution >= 0.6 is 0 Å². The van der Waals surface area contributed by atoms with Crippen molar-refractivity contribution in [1.82, 2.24) is 4.90 Å². The van der Waals surface area contributed by atoms with Gasteiger partial charge in [0.05, 0.1) is 0 Å². The van der Waals surface area contributed by atoms with Crippen LogP contribution in [-0.2, 0) is 6.42 Å². The third-order valence-electron chi connectivity index (χ3n) is 7.08. The van der Waals surface area contributed by atoms with Crippen LogP contribution in [0.15, 0.2) is 36.4 Å². The Morgan fingerprint density at radius 3 is 2.36 bits per heavy atom. The second kappa shape index (κ2) is 7.14. The van der Waals surface area contributed by atoms with Crippen LogP contribution in [0.2, 0.25) is 0 Å². The smallest absolute Gasteiger partial charge is 0.149 e. The Labute approximate surface area is 166 Å². The number of anilines is 1. The fourth-order valence-electron chi connectivity index (χ4n) is 5.25. The minimum atomic E-state index is -0.467. The molecule has 2 aromatic rings. The summed E-state index contributed by atoms with van der Waals surface area (Å²) < 4.78 is 28.0. The molecule has 148 valence electrons.